The molecule has 0 aromatic carbocycles. The van der Waals surface area contributed by atoms with E-state index in [9.17, 15) is 14.7 Å². The Hall–Kier alpha value is -1.10. The summed E-state index contributed by atoms with van der Waals surface area (Å²) in [5.74, 6) is -1.73. The van der Waals surface area contributed by atoms with Crippen LogP contribution in [0.1, 0.15) is 39.5 Å². The van der Waals surface area contributed by atoms with E-state index in [-0.39, 0.29) is 13.0 Å². The molecule has 1 unspecified atom stereocenters. The number of carboxylic acids is 1. The zero-order chi connectivity index (χ0) is 13.3. The SMILES string of the molecule is CCOC(=O)C(CC)(CCCCOC)C(=O)O. The Labute approximate surface area is 102 Å². The van der Waals surface area contributed by atoms with Gasteiger partial charge in [0.05, 0.1) is 6.61 Å². The molecule has 0 heterocycles. The molecule has 0 saturated carbocycles. The van der Waals surface area contributed by atoms with E-state index < -0.39 is 17.4 Å². The maximum Gasteiger partial charge on any atom is 0.323 e. The fourth-order valence-electron chi connectivity index (χ4n) is 1.71. The molecule has 0 rings (SSSR count). The maximum absolute atomic E-state index is 11.8. The van der Waals surface area contributed by atoms with E-state index in [1.54, 1.807) is 21.0 Å². The molecule has 5 heteroatoms. The average molecular weight is 246 g/mol. The van der Waals surface area contributed by atoms with E-state index in [1.807, 2.05) is 0 Å². The molecular formula is C12H22O5. The van der Waals surface area contributed by atoms with Crippen molar-refractivity contribution in [2.45, 2.75) is 39.5 Å². The lowest BCUT2D eigenvalue weighted by atomic mass is 9.80. The maximum atomic E-state index is 11.8. The Morgan fingerprint density at radius 1 is 1.24 bits per heavy atom. The Kier molecular flexibility index (Phi) is 7.54. The average Bonchev–Trinajstić information content (AvgIpc) is 2.29. The molecule has 0 aliphatic carbocycles. The first-order valence-electron chi connectivity index (χ1n) is 5.94. The second kappa shape index (κ2) is 8.06. The van der Waals surface area contributed by atoms with Gasteiger partial charge in [-0.15, -0.1) is 0 Å². The van der Waals surface area contributed by atoms with Gasteiger partial charge in [-0.3, -0.25) is 9.59 Å². The Balaban J connectivity index is 4.59. The van der Waals surface area contributed by atoms with Crippen LogP contribution in [0.3, 0.4) is 0 Å². The van der Waals surface area contributed by atoms with Crippen molar-refractivity contribution in [2.24, 2.45) is 5.41 Å². The molecule has 0 saturated heterocycles. The summed E-state index contributed by atoms with van der Waals surface area (Å²) < 4.78 is 9.76. The van der Waals surface area contributed by atoms with Gasteiger partial charge in [-0.05, 0) is 32.6 Å². The van der Waals surface area contributed by atoms with Crippen LogP contribution in [0.5, 0.6) is 0 Å². The predicted octanol–water partition coefficient (Wildman–Crippen LogP) is 1.85. The fraction of sp³-hybridized carbons (Fsp3) is 0.833. The van der Waals surface area contributed by atoms with Crippen molar-refractivity contribution in [3.8, 4) is 0 Å². The van der Waals surface area contributed by atoms with Gasteiger partial charge in [0.2, 0.25) is 0 Å². The minimum atomic E-state index is -1.40. The van der Waals surface area contributed by atoms with Gasteiger partial charge in [0.25, 0.3) is 0 Å². The summed E-state index contributed by atoms with van der Waals surface area (Å²) >= 11 is 0. The fourth-order valence-corrected chi connectivity index (χ4v) is 1.71. The summed E-state index contributed by atoms with van der Waals surface area (Å²) in [5, 5.41) is 9.25. The van der Waals surface area contributed by atoms with E-state index in [0.29, 0.717) is 19.4 Å². The van der Waals surface area contributed by atoms with Crippen LogP contribution < -0.4 is 0 Å². The molecule has 17 heavy (non-hydrogen) atoms. The quantitative estimate of drug-likeness (QED) is 0.382. The van der Waals surface area contributed by atoms with Crippen molar-refractivity contribution in [2.75, 3.05) is 20.3 Å². The monoisotopic (exact) mass is 246 g/mol. The summed E-state index contributed by atoms with van der Waals surface area (Å²) in [6.07, 6.45) is 1.91. The first kappa shape index (κ1) is 15.9. The third kappa shape index (κ3) is 4.34. The van der Waals surface area contributed by atoms with Crippen molar-refractivity contribution in [1.82, 2.24) is 0 Å². The van der Waals surface area contributed by atoms with Crippen LogP contribution in [0, 0.1) is 5.41 Å². The van der Waals surface area contributed by atoms with Crippen LogP contribution in [0.15, 0.2) is 0 Å². The molecule has 0 aromatic rings. The second-order valence-electron chi connectivity index (χ2n) is 3.91. The molecule has 0 bridgehead atoms. The lowest BCUT2D eigenvalue weighted by molar-refractivity contribution is -0.169. The molecular weight excluding hydrogens is 224 g/mol. The minimum Gasteiger partial charge on any atom is -0.480 e. The zero-order valence-corrected chi connectivity index (χ0v) is 10.8. The summed E-state index contributed by atoms with van der Waals surface area (Å²) in [7, 11) is 1.59. The van der Waals surface area contributed by atoms with Crippen molar-refractivity contribution in [1.29, 1.82) is 0 Å². The molecule has 5 nitrogen and oxygen atoms in total. The number of carboxylic acid groups (broad SMARTS) is 1. The first-order chi connectivity index (χ1) is 8.05. The minimum absolute atomic E-state index is 0.200. The number of unbranched alkanes of at least 4 members (excludes halogenated alkanes) is 1. The van der Waals surface area contributed by atoms with Crippen LogP contribution >= 0.6 is 0 Å². The van der Waals surface area contributed by atoms with Gasteiger partial charge < -0.3 is 14.6 Å². The van der Waals surface area contributed by atoms with Crippen molar-refractivity contribution in [3.05, 3.63) is 0 Å². The van der Waals surface area contributed by atoms with Crippen LogP contribution in [0.4, 0.5) is 0 Å². The first-order valence-corrected chi connectivity index (χ1v) is 5.94. The molecule has 0 radical (unpaired) electrons. The topological polar surface area (TPSA) is 72.8 Å². The van der Waals surface area contributed by atoms with E-state index >= 15 is 0 Å². The number of hydrogen-bond acceptors (Lipinski definition) is 4. The third-order valence-corrected chi connectivity index (χ3v) is 2.88. The zero-order valence-electron chi connectivity index (χ0n) is 10.8. The van der Waals surface area contributed by atoms with Crippen LogP contribution in [-0.4, -0.2) is 37.4 Å². The summed E-state index contributed by atoms with van der Waals surface area (Å²) in [6, 6.07) is 0. The van der Waals surface area contributed by atoms with Crippen LogP contribution in [0.25, 0.3) is 0 Å². The largest absolute Gasteiger partial charge is 0.480 e. The van der Waals surface area contributed by atoms with E-state index in [1.165, 1.54) is 0 Å². The molecule has 1 N–H and O–H groups in total. The molecule has 0 amide bonds. The van der Waals surface area contributed by atoms with Crippen LogP contribution in [0.2, 0.25) is 0 Å². The van der Waals surface area contributed by atoms with Crippen molar-refractivity contribution >= 4 is 11.9 Å². The molecule has 0 spiro atoms. The van der Waals surface area contributed by atoms with Gasteiger partial charge >= 0.3 is 11.9 Å². The highest BCUT2D eigenvalue weighted by Crippen LogP contribution is 2.31. The second-order valence-corrected chi connectivity index (χ2v) is 3.91. The highest BCUT2D eigenvalue weighted by Gasteiger charge is 2.45. The molecule has 0 aliphatic heterocycles. The number of aliphatic carboxylic acids is 1. The number of rotatable bonds is 9. The van der Waals surface area contributed by atoms with Crippen LogP contribution in [-0.2, 0) is 19.1 Å². The summed E-state index contributed by atoms with van der Waals surface area (Å²) in [4.78, 5) is 23.1. The standard InChI is InChI=1S/C12H22O5/c1-4-12(10(13)14,11(15)17-5-2)8-6-7-9-16-3/h4-9H2,1-3H3,(H,13,14). The van der Waals surface area contributed by atoms with Gasteiger partial charge in [0, 0.05) is 13.7 Å². The molecule has 0 aromatic heterocycles. The van der Waals surface area contributed by atoms with Gasteiger partial charge in [-0.25, -0.2) is 0 Å². The number of carbonyl (C=O) groups is 2. The number of methoxy groups -OCH3 is 1. The molecule has 100 valence electrons. The van der Waals surface area contributed by atoms with E-state index in [4.69, 9.17) is 9.47 Å². The Morgan fingerprint density at radius 2 is 1.88 bits per heavy atom. The van der Waals surface area contributed by atoms with Gasteiger partial charge in [0.1, 0.15) is 0 Å². The lowest BCUT2D eigenvalue weighted by Crippen LogP contribution is -2.40. The highest BCUT2D eigenvalue weighted by molar-refractivity contribution is 5.99. The number of hydrogen-bond donors (Lipinski definition) is 1. The smallest absolute Gasteiger partial charge is 0.323 e. The summed E-state index contributed by atoms with van der Waals surface area (Å²) in [6.45, 7) is 4.14. The molecule has 0 aliphatic rings. The number of carbonyl (C=O) groups excluding carboxylic acids is 1. The predicted molar refractivity (Wildman–Crippen MR) is 62.7 cm³/mol. The Morgan fingerprint density at radius 3 is 2.29 bits per heavy atom. The highest BCUT2D eigenvalue weighted by atomic mass is 16.5. The normalized spacial score (nSPS) is 14.1. The lowest BCUT2D eigenvalue weighted by Gasteiger charge is -2.25. The summed E-state index contributed by atoms with van der Waals surface area (Å²) in [5.41, 5.74) is -1.40. The van der Waals surface area contributed by atoms with Crippen molar-refractivity contribution < 1.29 is 24.2 Å². The van der Waals surface area contributed by atoms with Crippen molar-refractivity contribution in [3.63, 3.8) is 0 Å². The molecule has 0 fully saturated rings. The Bertz CT molecular complexity index is 251. The third-order valence-electron chi connectivity index (χ3n) is 2.88. The van der Waals surface area contributed by atoms with E-state index in [2.05, 4.69) is 0 Å². The van der Waals surface area contributed by atoms with Gasteiger partial charge in [-0.1, -0.05) is 6.92 Å². The van der Waals surface area contributed by atoms with Gasteiger partial charge in [0.15, 0.2) is 5.41 Å². The molecule has 1 atom stereocenters. The van der Waals surface area contributed by atoms with E-state index in [0.717, 1.165) is 6.42 Å². The van der Waals surface area contributed by atoms with Gasteiger partial charge in [-0.2, -0.15) is 0 Å². The number of ether oxygens (including phenoxy) is 2. The number of esters is 1.